The Labute approximate surface area is 158 Å². The molecule has 0 spiro atoms. The third-order valence-corrected chi connectivity index (χ3v) is 4.97. The standard InChI is InChI=1S/C20H22N2O4S/c1-14-19(20(23)26-13-16-6-4-3-5-7-16)17-12-15(8-9-18(17)22-14)10-11-21-27(2,24)25/h3-9,12,21-22H,10-11,13H2,1-2H3. The van der Waals surface area contributed by atoms with E-state index in [1.807, 2.05) is 55.5 Å². The molecular weight excluding hydrogens is 364 g/mol. The second-order valence-electron chi connectivity index (χ2n) is 6.48. The number of aromatic nitrogens is 1. The van der Waals surface area contributed by atoms with Gasteiger partial charge >= 0.3 is 5.97 Å². The number of carbonyl (C=O) groups is 1. The Bertz CT molecular complexity index is 1060. The molecule has 2 aromatic carbocycles. The van der Waals surface area contributed by atoms with Crippen LogP contribution < -0.4 is 4.72 Å². The number of aryl methyl sites for hydroxylation is 1. The van der Waals surface area contributed by atoms with Gasteiger partial charge in [0, 0.05) is 23.1 Å². The van der Waals surface area contributed by atoms with Crippen LogP contribution >= 0.6 is 0 Å². The second-order valence-corrected chi connectivity index (χ2v) is 8.32. The average Bonchev–Trinajstić information content (AvgIpc) is 2.95. The van der Waals surface area contributed by atoms with Crippen LogP contribution in [-0.2, 0) is 27.8 Å². The fraction of sp³-hybridized carbons (Fsp3) is 0.250. The number of rotatable bonds is 7. The quantitative estimate of drug-likeness (QED) is 0.611. The van der Waals surface area contributed by atoms with E-state index in [2.05, 4.69) is 9.71 Å². The van der Waals surface area contributed by atoms with E-state index < -0.39 is 10.0 Å². The number of H-pyrrole nitrogens is 1. The molecule has 3 rings (SSSR count). The van der Waals surface area contributed by atoms with Gasteiger partial charge in [0.05, 0.1) is 11.8 Å². The van der Waals surface area contributed by atoms with E-state index in [0.717, 1.165) is 34.0 Å². The molecule has 0 unspecified atom stereocenters. The summed E-state index contributed by atoms with van der Waals surface area (Å²) in [7, 11) is -3.22. The third-order valence-electron chi connectivity index (χ3n) is 4.25. The second kappa shape index (κ2) is 7.94. The van der Waals surface area contributed by atoms with Crippen LogP contribution in [0.4, 0.5) is 0 Å². The lowest BCUT2D eigenvalue weighted by atomic mass is 10.1. The summed E-state index contributed by atoms with van der Waals surface area (Å²) in [5, 5.41) is 0.780. The molecule has 1 heterocycles. The normalized spacial score (nSPS) is 11.6. The first kappa shape index (κ1) is 19.1. The first-order chi connectivity index (χ1) is 12.8. The average molecular weight is 386 g/mol. The molecule has 0 radical (unpaired) electrons. The number of ether oxygens (including phenoxy) is 1. The molecule has 0 aliphatic rings. The van der Waals surface area contributed by atoms with Gasteiger partial charge in [-0.2, -0.15) is 0 Å². The maximum atomic E-state index is 12.6. The summed E-state index contributed by atoms with van der Waals surface area (Å²) in [6, 6.07) is 15.2. The van der Waals surface area contributed by atoms with Crippen LogP contribution in [0.2, 0.25) is 0 Å². The van der Waals surface area contributed by atoms with E-state index in [1.165, 1.54) is 0 Å². The van der Waals surface area contributed by atoms with E-state index in [1.54, 1.807) is 0 Å². The minimum absolute atomic E-state index is 0.212. The van der Waals surface area contributed by atoms with Crippen molar-refractivity contribution in [2.75, 3.05) is 12.8 Å². The molecule has 142 valence electrons. The zero-order chi connectivity index (χ0) is 19.4. The van der Waals surface area contributed by atoms with Gasteiger partial charge in [-0.05, 0) is 36.6 Å². The summed E-state index contributed by atoms with van der Waals surface area (Å²) in [5.74, 6) is -0.381. The van der Waals surface area contributed by atoms with Crippen molar-refractivity contribution in [3.05, 3.63) is 70.9 Å². The first-order valence-electron chi connectivity index (χ1n) is 8.60. The van der Waals surface area contributed by atoms with Crippen LogP contribution in [0.25, 0.3) is 10.9 Å². The first-order valence-corrected chi connectivity index (χ1v) is 10.5. The molecule has 0 fully saturated rings. The van der Waals surface area contributed by atoms with Gasteiger partial charge in [0.15, 0.2) is 0 Å². The maximum Gasteiger partial charge on any atom is 0.340 e. The highest BCUT2D eigenvalue weighted by Gasteiger charge is 2.18. The van der Waals surface area contributed by atoms with Crippen molar-refractivity contribution in [3.63, 3.8) is 0 Å². The molecule has 0 bridgehead atoms. The van der Waals surface area contributed by atoms with Gasteiger partial charge in [-0.1, -0.05) is 36.4 Å². The molecule has 0 atom stereocenters. The Hall–Kier alpha value is -2.64. The van der Waals surface area contributed by atoms with Crippen LogP contribution in [0, 0.1) is 6.92 Å². The number of benzene rings is 2. The van der Waals surface area contributed by atoms with Crippen LogP contribution in [0.1, 0.15) is 27.2 Å². The Morgan fingerprint density at radius 1 is 1.11 bits per heavy atom. The van der Waals surface area contributed by atoms with E-state index >= 15 is 0 Å². The van der Waals surface area contributed by atoms with E-state index in [4.69, 9.17) is 4.74 Å². The highest BCUT2D eigenvalue weighted by molar-refractivity contribution is 7.88. The van der Waals surface area contributed by atoms with Crippen LogP contribution in [0.15, 0.2) is 48.5 Å². The van der Waals surface area contributed by atoms with Gasteiger partial charge in [0.25, 0.3) is 0 Å². The van der Waals surface area contributed by atoms with Gasteiger partial charge in [-0.3, -0.25) is 0 Å². The van der Waals surface area contributed by atoms with Gasteiger partial charge in [0.1, 0.15) is 6.61 Å². The molecule has 2 N–H and O–H groups in total. The maximum absolute atomic E-state index is 12.6. The molecule has 7 heteroatoms. The van der Waals surface area contributed by atoms with Crippen molar-refractivity contribution in [3.8, 4) is 0 Å². The molecule has 27 heavy (non-hydrogen) atoms. The molecule has 0 aliphatic carbocycles. The van der Waals surface area contributed by atoms with Crippen molar-refractivity contribution >= 4 is 26.9 Å². The lowest BCUT2D eigenvalue weighted by Crippen LogP contribution is -2.24. The topological polar surface area (TPSA) is 88.3 Å². The van der Waals surface area contributed by atoms with Gasteiger partial charge in [-0.15, -0.1) is 0 Å². The van der Waals surface area contributed by atoms with Gasteiger partial charge in [-0.25, -0.2) is 17.9 Å². The number of fused-ring (bicyclic) bond motifs is 1. The monoisotopic (exact) mass is 386 g/mol. The summed E-state index contributed by atoms with van der Waals surface area (Å²) >= 11 is 0. The predicted octanol–water partition coefficient (Wildman–Crippen LogP) is 2.93. The predicted molar refractivity (Wildman–Crippen MR) is 105 cm³/mol. The lowest BCUT2D eigenvalue weighted by molar-refractivity contribution is 0.0474. The Morgan fingerprint density at radius 3 is 2.56 bits per heavy atom. The minimum atomic E-state index is -3.22. The minimum Gasteiger partial charge on any atom is -0.457 e. The molecule has 0 aliphatic heterocycles. The summed E-state index contributed by atoms with van der Waals surface area (Å²) < 4.78 is 30.3. The molecule has 1 aromatic heterocycles. The summed E-state index contributed by atoms with van der Waals surface area (Å²) in [6.07, 6.45) is 1.66. The Morgan fingerprint density at radius 2 is 1.85 bits per heavy atom. The third kappa shape index (κ3) is 4.96. The Kier molecular flexibility index (Phi) is 5.62. The zero-order valence-electron chi connectivity index (χ0n) is 15.3. The number of esters is 1. The highest BCUT2D eigenvalue weighted by Crippen LogP contribution is 2.25. The number of nitrogens with one attached hydrogen (secondary N) is 2. The highest BCUT2D eigenvalue weighted by atomic mass is 32.2. The van der Waals surface area contributed by atoms with E-state index in [9.17, 15) is 13.2 Å². The smallest absolute Gasteiger partial charge is 0.340 e. The number of carbonyl (C=O) groups excluding carboxylic acids is 1. The van der Waals surface area contributed by atoms with Crippen molar-refractivity contribution in [1.29, 1.82) is 0 Å². The fourth-order valence-electron chi connectivity index (χ4n) is 2.97. The molecule has 0 saturated carbocycles. The van der Waals surface area contributed by atoms with Crippen LogP contribution in [0.5, 0.6) is 0 Å². The summed E-state index contributed by atoms with van der Waals surface area (Å²) in [6.45, 7) is 2.36. The number of sulfonamides is 1. The van der Waals surface area contributed by atoms with Crippen LogP contribution in [0.3, 0.4) is 0 Å². The Balaban J connectivity index is 1.78. The van der Waals surface area contributed by atoms with E-state index in [-0.39, 0.29) is 12.6 Å². The largest absolute Gasteiger partial charge is 0.457 e. The molecule has 0 saturated heterocycles. The van der Waals surface area contributed by atoms with Gasteiger partial charge < -0.3 is 9.72 Å². The summed E-state index contributed by atoms with van der Waals surface area (Å²) in [4.78, 5) is 15.8. The number of hydrogen-bond donors (Lipinski definition) is 2. The molecular formula is C20H22N2O4S. The fourth-order valence-corrected chi connectivity index (χ4v) is 3.44. The number of aromatic amines is 1. The van der Waals surface area contributed by atoms with Crippen molar-refractivity contribution < 1.29 is 17.9 Å². The number of hydrogen-bond acceptors (Lipinski definition) is 4. The van der Waals surface area contributed by atoms with Crippen molar-refractivity contribution in [2.24, 2.45) is 0 Å². The van der Waals surface area contributed by atoms with Crippen molar-refractivity contribution in [1.82, 2.24) is 9.71 Å². The lowest BCUT2D eigenvalue weighted by Gasteiger charge is -2.06. The molecule has 6 nitrogen and oxygen atoms in total. The molecule has 0 amide bonds. The SMILES string of the molecule is Cc1[nH]c2ccc(CCNS(C)(=O)=O)cc2c1C(=O)OCc1ccccc1. The molecule has 3 aromatic rings. The van der Waals surface area contributed by atoms with Crippen LogP contribution in [-0.4, -0.2) is 32.2 Å². The van der Waals surface area contributed by atoms with Gasteiger partial charge in [0.2, 0.25) is 10.0 Å². The zero-order valence-corrected chi connectivity index (χ0v) is 16.1. The van der Waals surface area contributed by atoms with E-state index in [0.29, 0.717) is 18.5 Å². The van der Waals surface area contributed by atoms with Crippen molar-refractivity contribution in [2.45, 2.75) is 20.0 Å². The summed E-state index contributed by atoms with van der Waals surface area (Å²) in [5.41, 5.74) is 3.97.